The second-order valence-corrected chi connectivity index (χ2v) is 22.6. The minimum absolute atomic E-state index is 0.0496. The molecular formula is C48H66N3O14PS. The van der Waals surface area contributed by atoms with Crippen LogP contribution in [-0.2, 0) is 53.8 Å². The van der Waals surface area contributed by atoms with Crippen LogP contribution in [-0.4, -0.2) is 109 Å². The number of rotatable bonds is 19. The molecule has 1 aromatic carbocycles. The summed E-state index contributed by atoms with van der Waals surface area (Å²) < 4.78 is 30.0. The van der Waals surface area contributed by atoms with Crippen molar-refractivity contribution >= 4 is 54.8 Å². The normalized spacial score (nSPS) is 34.1. The number of thioether (sulfide) groups is 1. The van der Waals surface area contributed by atoms with E-state index in [1.165, 1.54) is 11.8 Å². The van der Waals surface area contributed by atoms with Gasteiger partial charge in [-0.3, -0.25) is 33.3 Å². The summed E-state index contributed by atoms with van der Waals surface area (Å²) in [5.74, 6) is -3.06. The third-order valence-electron chi connectivity index (χ3n) is 15.8. The number of aliphatic carboxylic acids is 1. The van der Waals surface area contributed by atoms with Gasteiger partial charge in [-0.25, -0.2) is 4.57 Å². The zero-order valence-corrected chi connectivity index (χ0v) is 40.4. The summed E-state index contributed by atoms with van der Waals surface area (Å²) in [6.45, 7) is 6.79. The number of carboxylic acids is 1. The van der Waals surface area contributed by atoms with Gasteiger partial charge < -0.3 is 45.4 Å². The zero-order chi connectivity index (χ0) is 48.5. The molecule has 5 fully saturated rings. The highest BCUT2D eigenvalue weighted by Crippen LogP contribution is 2.70. The monoisotopic (exact) mass is 971 g/mol. The van der Waals surface area contributed by atoms with E-state index in [4.69, 9.17) is 14.0 Å². The largest absolute Gasteiger partial charge is 0.481 e. The first-order valence-electron chi connectivity index (χ1n) is 23.6. The number of carbonyl (C=O) groups is 6. The highest BCUT2D eigenvalue weighted by molar-refractivity contribution is 8.00. The van der Waals surface area contributed by atoms with Crippen LogP contribution < -0.4 is 16.0 Å². The number of Topliss-reactive ketones (excluding diaryl/α,β-unsaturated/α-hetero) is 1. The first-order chi connectivity index (χ1) is 31.6. The second kappa shape index (κ2) is 20.7. The quantitative estimate of drug-likeness (QED) is 0.0933. The highest BCUT2D eigenvalue weighted by Gasteiger charge is 2.76. The molecule has 0 radical (unpaired) electrons. The Balaban J connectivity index is 0.958. The first-order valence-corrected chi connectivity index (χ1v) is 26.2. The molecule has 1 unspecified atom stereocenters. The lowest BCUT2D eigenvalue weighted by Crippen LogP contribution is -2.63. The van der Waals surface area contributed by atoms with Crippen LogP contribution in [0, 0.1) is 34.5 Å². The lowest BCUT2D eigenvalue weighted by molar-refractivity contribution is -0.200. The van der Waals surface area contributed by atoms with Crippen LogP contribution in [0.3, 0.4) is 0 Å². The van der Waals surface area contributed by atoms with Crippen LogP contribution in [0.4, 0.5) is 0 Å². The van der Waals surface area contributed by atoms with E-state index < -0.39 is 79.0 Å². The maximum atomic E-state index is 14.4. The third kappa shape index (κ3) is 11.0. The zero-order valence-electron chi connectivity index (χ0n) is 38.6. The summed E-state index contributed by atoms with van der Waals surface area (Å²) in [5, 5.41) is 29.8. The van der Waals surface area contributed by atoms with E-state index in [0.717, 1.165) is 36.8 Å². The van der Waals surface area contributed by atoms with Crippen molar-refractivity contribution < 1.29 is 67.3 Å². The van der Waals surface area contributed by atoms with E-state index in [1.807, 2.05) is 51.1 Å². The number of carboxylic acid groups (broad SMARTS) is 1. The number of fused-ring (bicyclic) bond motifs is 7. The molecule has 1 aromatic rings. The van der Waals surface area contributed by atoms with Gasteiger partial charge in [0.05, 0.1) is 24.5 Å². The molecule has 0 aromatic heterocycles. The lowest BCUT2D eigenvalue weighted by Gasteiger charge is -2.59. The first kappa shape index (κ1) is 51.1. The number of phosphoric acid groups is 1. The van der Waals surface area contributed by atoms with Crippen molar-refractivity contribution in [1.29, 1.82) is 0 Å². The molecule has 7 N–H and O–H groups in total. The van der Waals surface area contributed by atoms with E-state index in [9.17, 15) is 53.3 Å². The Bertz CT molecular complexity index is 2170. The number of amides is 3. The van der Waals surface area contributed by atoms with Crippen molar-refractivity contribution in [3.8, 4) is 0 Å². The molecule has 6 aliphatic rings. The number of benzene rings is 1. The van der Waals surface area contributed by atoms with Crippen molar-refractivity contribution in [3.63, 3.8) is 0 Å². The van der Waals surface area contributed by atoms with Gasteiger partial charge in [-0.2, -0.15) is 0 Å². The van der Waals surface area contributed by atoms with Crippen LogP contribution in [0.5, 0.6) is 0 Å². The van der Waals surface area contributed by atoms with Crippen LogP contribution >= 0.6 is 19.6 Å². The number of phosphoric ester groups is 1. The minimum Gasteiger partial charge on any atom is -0.481 e. The molecule has 11 atom stereocenters. The van der Waals surface area contributed by atoms with Gasteiger partial charge in [0.25, 0.3) is 0 Å². The standard InChI is InChI=1S/C48H66N3O14PS/c1-5-27(2)67-26-41(56)49-24-40(55)51-36(16-17-42(57)58)44(59)50-32-13-8-29(9-14-32)20-28-6-10-30(11-7-28)45-64-39-22-35-34-15-12-31-21-33(52)18-19-46(31,3)43(34)37(53)23-47(35,4)48(39,65-45)38(54)25-63-66(60,61)62/h6-7,10-11,18-19,21,27,29,32,34-37,39,43,45,53H,5,8-9,12-17,20,22-26H2,1-4H3,(H,49,56)(H,50,59)(H,51,55)(H,57,58)(H2,60,61,62)/t27?,29?,32?,34-,35-,36-,37-,39+,43+,45+,46-,47-,48+/m0/s1. The van der Waals surface area contributed by atoms with Gasteiger partial charge in [0.2, 0.25) is 17.7 Å². The molecule has 67 heavy (non-hydrogen) atoms. The Hall–Kier alpha value is -3.74. The topological polar surface area (TPSA) is 264 Å². The molecule has 1 saturated heterocycles. The Morgan fingerprint density at radius 2 is 1.75 bits per heavy atom. The van der Waals surface area contributed by atoms with E-state index in [0.29, 0.717) is 48.8 Å². The maximum Gasteiger partial charge on any atom is 0.470 e. The molecular weight excluding hydrogens is 906 g/mol. The summed E-state index contributed by atoms with van der Waals surface area (Å²) in [7, 11) is -5.02. The number of aliphatic hydroxyl groups is 1. The molecule has 17 nitrogen and oxygen atoms in total. The average Bonchev–Trinajstić information content (AvgIpc) is 3.78. The number of aliphatic hydroxyl groups excluding tert-OH is 1. The number of allylic oxidation sites excluding steroid dienone is 4. The Kier molecular flexibility index (Phi) is 15.8. The molecule has 19 heteroatoms. The van der Waals surface area contributed by atoms with Crippen LogP contribution in [0.25, 0.3) is 0 Å². The van der Waals surface area contributed by atoms with Gasteiger partial charge in [-0.1, -0.05) is 63.6 Å². The van der Waals surface area contributed by atoms with Crippen molar-refractivity contribution in [2.75, 3.05) is 18.9 Å². The van der Waals surface area contributed by atoms with Crippen LogP contribution in [0.15, 0.2) is 48.1 Å². The van der Waals surface area contributed by atoms with Gasteiger partial charge in [0.15, 0.2) is 23.5 Å². The average molecular weight is 972 g/mol. The highest BCUT2D eigenvalue weighted by atomic mass is 32.2. The summed E-state index contributed by atoms with van der Waals surface area (Å²) in [6, 6.07) is 6.51. The van der Waals surface area contributed by atoms with Gasteiger partial charge in [0.1, 0.15) is 12.6 Å². The molecule has 368 valence electrons. The van der Waals surface area contributed by atoms with Crippen molar-refractivity contribution in [1.82, 2.24) is 16.0 Å². The fraction of sp³-hybridized carbons (Fsp3) is 0.667. The van der Waals surface area contributed by atoms with Crippen molar-refractivity contribution in [3.05, 3.63) is 59.2 Å². The summed E-state index contributed by atoms with van der Waals surface area (Å²) in [4.78, 5) is 95.5. The van der Waals surface area contributed by atoms with E-state index in [1.54, 1.807) is 12.2 Å². The maximum absolute atomic E-state index is 14.4. The molecule has 0 bridgehead atoms. The molecule has 7 rings (SSSR count). The van der Waals surface area contributed by atoms with E-state index in [-0.39, 0.29) is 67.0 Å². The Labute approximate surface area is 395 Å². The molecule has 3 amide bonds. The van der Waals surface area contributed by atoms with Gasteiger partial charge in [-0.15, -0.1) is 11.8 Å². The minimum atomic E-state index is -5.02. The molecule has 4 saturated carbocycles. The number of ether oxygens (including phenoxy) is 2. The Morgan fingerprint density at radius 1 is 1.03 bits per heavy atom. The van der Waals surface area contributed by atoms with Crippen LogP contribution in [0.1, 0.15) is 116 Å². The second-order valence-electron chi connectivity index (χ2n) is 20.0. The summed E-state index contributed by atoms with van der Waals surface area (Å²) in [5.41, 5.74) is -0.483. The van der Waals surface area contributed by atoms with E-state index >= 15 is 0 Å². The summed E-state index contributed by atoms with van der Waals surface area (Å²) >= 11 is 1.48. The number of hydrogen-bond acceptors (Lipinski definition) is 12. The lowest BCUT2D eigenvalue weighted by atomic mass is 9.46. The summed E-state index contributed by atoms with van der Waals surface area (Å²) in [6.07, 6.45) is 8.73. The SMILES string of the molecule is CCC(C)SCC(=O)NCC(=O)N[C@@H](CCC(=O)O)C(=O)NC1CCC(Cc2ccc([C@@H]3O[C@@H]4C[C@H]5[C@@H]6CCC7=CC(=O)C=C[C@]7(C)[C@H]6[C@@H](O)C[C@]5(C)[C@]4(C(=O)COP(=O)(O)O)O3)cc2)CC1. The van der Waals surface area contributed by atoms with Gasteiger partial charge in [0, 0.05) is 40.0 Å². The van der Waals surface area contributed by atoms with Crippen molar-refractivity contribution in [2.45, 2.75) is 146 Å². The fourth-order valence-electron chi connectivity index (χ4n) is 12.3. The number of hydrogen-bond donors (Lipinski definition) is 7. The predicted octanol–water partition coefficient (Wildman–Crippen LogP) is 4.62. The number of carbonyl (C=O) groups excluding carboxylic acids is 5. The third-order valence-corrected chi connectivity index (χ3v) is 17.6. The molecule has 1 heterocycles. The van der Waals surface area contributed by atoms with Gasteiger partial charge in [-0.05, 0) is 106 Å². The smallest absolute Gasteiger partial charge is 0.470 e. The fourth-order valence-corrected chi connectivity index (χ4v) is 13.3. The molecule has 0 spiro atoms. The van der Waals surface area contributed by atoms with Crippen LogP contribution in [0.2, 0.25) is 0 Å². The number of ketones is 2. The Morgan fingerprint density at radius 3 is 2.42 bits per heavy atom. The molecule has 1 aliphatic heterocycles. The van der Waals surface area contributed by atoms with Gasteiger partial charge >= 0.3 is 13.8 Å². The molecule has 5 aliphatic carbocycles. The number of nitrogens with one attached hydrogen (secondary N) is 3. The van der Waals surface area contributed by atoms with Crippen molar-refractivity contribution in [2.24, 2.45) is 34.5 Å². The van der Waals surface area contributed by atoms with E-state index in [2.05, 4.69) is 22.9 Å². The predicted molar refractivity (Wildman–Crippen MR) is 246 cm³/mol.